The third-order valence-electron chi connectivity index (χ3n) is 5.36. The highest BCUT2D eigenvalue weighted by molar-refractivity contribution is 5.24. The Labute approximate surface area is 70.4 Å². The molecule has 0 saturated heterocycles. The van der Waals surface area contributed by atoms with Gasteiger partial charge in [0.25, 0.3) is 0 Å². The molecule has 0 heterocycles. The van der Waals surface area contributed by atoms with E-state index in [9.17, 15) is 0 Å². The summed E-state index contributed by atoms with van der Waals surface area (Å²) in [7, 11) is 0. The molecule has 0 amide bonds. The fourth-order valence-corrected chi connectivity index (χ4v) is 3.57. The van der Waals surface area contributed by atoms with Gasteiger partial charge in [0.15, 0.2) is 0 Å². The van der Waals surface area contributed by atoms with Gasteiger partial charge in [0.05, 0.1) is 0 Å². The molecule has 2 aliphatic rings. The first-order valence-corrected chi connectivity index (χ1v) is 4.94. The van der Waals surface area contributed by atoms with Crippen LogP contribution >= 0.6 is 0 Å². The summed E-state index contributed by atoms with van der Waals surface area (Å²) in [5, 5.41) is 0. The standard InChI is InChI=1S/C11H20/c1-7(2)10(4)6-9-8(3)11(9,10)5/h7-9H,6H2,1-5H3. The first kappa shape index (κ1) is 7.64. The summed E-state index contributed by atoms with van der Waals surface area (Å²) in [6.45, 7) is 12.2. The molecule has 4 atom stereocenters. The predicted octanol–water partition coefficient (Wildman–Crippen LogP) is 3.32. The van der Waals surface area contributed by atoms with Crippen LogP contribution in [0.2, 0.25) is 0 Å². The monoisotopic (exact) mass is 152 g/mol. The lowest BCUT2D eigenvalue weighted by Crippen LogP contribution is -2.42. The van der Waals surface area contributed by atoms with E-state index >= 15 is 0 Å². The van der Waals surface area contributed by atoms with E-state index in [1.54, 1.807) is 0 Å². The molecule has 4 unspecified atom stereocenters. The minimum absolute atomic E-state index is 0.664. The van der Waals surface area contributed by atoms with Crippen molar-refractivity contribution in [1.82, 2.24) is 0 Å². The zero-order chi connectivity index (χ0) is 8.44. The van der Waals surface area contributed by atoms with Crippen molar-refractivity contribution in [3.63, 3.8) is 0 Å². The van der Waals surface area contributed by atoms with Gasteiger partial charge in [-0.2, -0.15) is 0 Å². The van der Waals surface area contributed by atoms with Crippen LogP contribution in [0.3, 0.4) is 0 Å². The van der Waals surface area contributed by atoms with E-state index in [0.29, 0.717) is 5.41 Å². The maximum Gasteiger partial charge on any atom is -0.0210 e. The van der Waals surface area contributed by atoms with Gasteiger partial charge in [0.2, 0.25) is 0 Å². The van der Waals surface area contributed by atoms with Crippen molar-refractivity contribution in [2.24, 2.45) is 28.6 Å². The van der Waals surface area contributed by atoms with Crippen LogP contribution < -0.4 is 0 Å². The van der Waals surface area contributed by atoms with Crippen molar-refractivity contribution in [3.8, 4) is 0 Å². The Morgan fingerprint density at radius 2 is 1.82 bits per heavy atom. The van der Waals surface area contributed by atoms with Gasteiger partial charge in [-0.15, -0.1) is 0 Å². The highest BCUT2D eigenvalue weighted by Crippen LogP contribution is 2.82. The SMILES string of the molecule is CC(C)C1(C)CC2C(C)C21C. The molecule has 0 radical (unpaired) electrons. The predicted molar refractivity (Wildman–Crippen MR) is 48.3 cm³/mol. The highest BCUT2D eigenvalue weighted by atomic mass is 14.8. The van der Waals surface area contributed by atoms with E-state index in [2.05, 4.69) is 34.6 Å². The summed E-state index contributed by atoms with van der Waals surface area (Å²) in [5.74, 6) is 2.96. The highest BCUT2D eigenvalue weighted by Gasteiger charge is 2.76. The molecule has 0 aromatic rings. The van der Waals surface area contributed by atoms with Gasteiger partial charge in [-0.3, -0.25) is 0 Å². The molecule has 2 saturated carbocycles. The van der Waals surface area contributed by atoms with Gasteiger partial charge >= 0.3 is 0 Å². The summed E-state index contributed by atoms with van der Waals surface area (Å²) in [6, 6.07) is 0. The molecular weight excluding hydrogens is 132 g/mol. The van der Waals surface area contributed by atoms with Crippen molar-refractivity contribution in [1.29, 1.82) is 0 Å². The molecule has 0 bridgehead atoms. The smallest absolute Gasteiger partial charge is 0.0210 e. The number of hydrogen-bond acceptors (Lipinski definition) is 0. The van der Waals surface area contributed by atoms with Gasteiger partial charge in [0.1, 0.15) is 0 Å². The fourth-order valence-electron chi connectivity index (χ4n) is 3.57. The largest absolute Gasteiger partial charge is 0.0622 e. The molecule has 2 rings (SSSR count). The molecule has 2 fully saturated rings. The van der Waals surface area contributed by atoms with E-state index in [0.717, 1.165) is 23.2 Å². The Bertz CT molecular complexity index is 188. The second-order valence-corrected chi connectivity index (χ2v) is 5.45. The van der Waals surface area contributed by atoms with Crippen LogP contribution in [0.1, 0.15) is 41.0 Å². The molecule has 0 aromatic carbocycles. The molecule has 0 N–H and O–H groups in total. The maximum absolute atomic E-state index is 2.49. The van der Waals surface area contributed by atoms with Gasteiger partial charge in [-0.05, 0) is 35.0 Å². The van der Waals surface area contributed by atoms with Crippen LogP contribution in [0.4, 0.5) is 0 Å². The topological polar surface area (TPSA) is 0 Å². The van der Waals surface area contributed by atoms with Crippen LogP contribution in [-0.2, 0) is 0 Å². The zero-order valence-electron chi connectivity index (χ0n) is 8.44. The van der Waals surface area contributed by atoms with Gasteiger partial charge < -0.3 is 0 Å². The van der Waals surface area contributed by atoms with Crippen LogP contribution in [0.25, 0.3) is 0 Å². The van der Waals surface area contributed by atoms with E-state index in [1.807, 2.05) is 0 Å². The fraction of sp³-hybridized carbons (Fsp3) is 1.00. The average molecular weight is 152 g/mol. The molecule has 2 aliphatic carbocycles. The molecule has 0 spiro atoms. The van der Waals surface area contributed by atoms with Crippen molar-refractivity contribution >= 4 is 0 Å². The first-order valence-electron chi connectivity index (χ1n) is 4.94. The van der Waals surface area contributed by atoms with Crippen LogP contribution in [-0.4, -0.2) is 0 Å². The Hall–Kier alpha value is 0. The van der Waals surface area contributed by atoms with E-state index in [-0.39, 0.29) is 0 Å². The molecule has 0 aliphatic heterocycles. The summed E-state index contributed by atoms with van der Waals surface area (Å²) in [4.78, 5) is 0. The Kier molecular flexibility index (Phi) is 1.16. The Morgan fingerprint density at radius 3 is 1.91 bits per heavy atom. The lowest BCUT2D eigenvalue weighted by molar-refractivity contribution is -0.00292. The van der Waals surface area contributed by atoms with Gasteiger partial charge in [-0.1, -0.05) is 34.6 Å². The van der Waals surface area contributed by atoms with Crippen LogP contribution in [0.5, 0.6) is 0 Å². The van der Waals surface area contributed by atoms with E-state index in [1.165, 1.54) is 6.42 Å². The molecule has 0 nitrogen and oxygen atoms in total. The molecule has 11 heavy (non-hydrogen) atoms. The van der Waals surface area contributed by atoms with Crippen molar-refractivity contribution in [2.75, 3.05) is 0 Å². The molecule has 0 heteroatoms. The number of rotatable bonds is 1. The quantitative estimate of drug-likeness (QED) is 0.540. The van der Waals surface area contributed by atoms with Crippen molar-refractivity contribution in [2.45, 2.75) is 41.0 Å². The minimum atomic E-state index is 0.664. The van der Waals surface area contributed by atoms with Crippen molar-refractivity contribution < 1.29 is 0 Å². The number of hydrogen-bond donors (Lipinski definition) is 0. The molecule has 0 aromatic heterocycles. The van der Waals surface area contributed by atoms with Crippen LogP contribution in [0, 0.1) is 28.6 Å². The normalized spacial score (nSPS) is 60.5. The van der Waals surface area contributed by atoms with Gasteiger partial charge in [0, 0.05) is 0 Å². The number of fused-ring (bicyclic) bond motifs is 1. The van der Waals surface area contributed by atoms with Gasteiger partial charge in [-0.25, -0.2) is 0 Å². The second-order valence-electron chi connectivity index (χ2n) is 5.45. The van der Waals surface area contributed by atoms with Crippen molar-refractivity contribution in [3.05, 3.63) is 0 Å². The summed E-state index contributed by atoms with van der Waals surface area (Å²) >= 11 is 0. The Balaban J connectivity index is 2.21. The maximum atomic E-state index is 2.49. The second kappa shape index (κ2) is 1.67. The summed E-state index contributed by atoms with van der Waals surface area (Å²) in [6.07, 6.45) is 1.49. The molecule has 64 valence electrons. The third kappa shape index (κ3) is 0.554. The minimum Gasteiger partial charge on any atom is -0.0622 e. The van der Waals surface area contributed by atoms with Crippen LogP contribution in [0.15, 0.2) is 0 Å². The Morgan fingerprint density at radius 1 is 1.27 bits per heavy atom. The average Bonchev–Trinajstić information content (AvgIpc) is 2.35. The lowest BCUT2D eigenvalue weighted by atomic mass is 9.56. The summed E-state index contributed by atoms with van der Waals surface area (Å²) < 4.78 is 0. The van der Waals surface area contributed by atoms with E-state index in [4.69, 9.17) is 0 Å². The molecular formula is C11H20. The first-order chi connectivity index (χ1) is 4.94. The van der Waals surface area contributed by atoms with E-state index < -0.39 is 0 Å². The summed E-state index contributed by atoms with van der Waals surface area (Å²) in [5.41, 5.74) is 1.39. The lowest BCUT2D eigenvalue weighted by Gasteiger charge is -2.49. The third-order valence-corrected chi connectivity index (χ3v) is 5.36. The zero-order valence-corrected chi connectivity index (χ0v) is 8.44.